The number of rotatable bonds is 5. The van der Waals surface area contributed by atoms with E-state index in [1.165, 1.54) is 6.42 Å². The molecule has 1 aliphatic carbocycles. The third-order valence-electron chi connectivity index (χ3n) is 5.49. The summed E-state index contributed by atoms with van der Waals surface area (Å²) in [4.78, 5) is 20.9. The van der Waals surface area contributed by atoms with Gasteiger partial charge in [0, 0.05) is 39.3 Å². The molecule has 2 aliphatic rings. The van der Waals surface area contributed by atoms with Crippen LogP contribution in [0.15, 0.2) is 4.99 Å². The van der Waals surface area contributed by atoms with Crippen LogP contribution in [0.2, 0.25) is 0 Å². The van der Waals surface area contributed by atoms with E-state index in [0.717, 1.165) is 45.2 Å². The smallest absolute Gasteiger partial charge is 0.237 e. The first-order valence-corrected chi connectivity index (χ1v) is 8.76. The third-order valence-corrected chi connectivity index (χ3v) is 5.49. The van der Waals surface area contributed by atoms with Gasteiger partial charge >= 0.3 is 0 Å². The molecule has 1 saturated heterocycles. The van der Waals surface area contributed by atoms with Crippen LogP contribution in [-0.4, -0.2) is 66.5 Å². The first kappa shape index (κ1) is 21.5. The third kappa shape index (κ3) is 4.97. The number of hydrogen-bond acceptors (Lipinski definition) is 3. The molecular weight excluding hydrogens is 417 g/mol. The molecule has 0 radical (unpaired) electrons. The molecule has 1 amide bonds. The first-order valence-electron chi connectivity index (χ1n) is 8.76. The largest absolute Gasteiger partial charge is 0.368 e. The van der Waals surface area contributed by atoms with Crippen molar-refractivity contribution in [2.24, 2.45) is 22.1 Å². The summed E-state index contributed by atoms with van der Waals surface area (Å²) in [7, 11) is 0. The highest BCUT2D eigenvalue weighted by atomic mass is 127. The van der Waals surface area contributed by atoms with Crippen molar-refractivity contribution in [1.82, 2.24) is 15.1 Å². The van der Waals surface area contributed by atoms with Crippen molar-refractivity contribution in [3.8, 4) is 0 Å². The molecule has 24 heavy (non-hydrogen) atoms. The molecule has 0 bridgehead atoms. The van der Waals surface area contributed by atoms with Gasteiger partial charge in [-0.3, -0.25) is 14.7 Å². The van der Waals surface area contributed by atoms with Crippen molar-refractivity contribution in [3.05, 3.63) is 0 Å². The number of primary amides is 1. The van der Waals surface area contributed by atoms with Crippen LogP contribution in [0, 0.1) is 11.3 Å². The summed E-state index contributed by atoms with van der Waals surface area (Å²) in [6.45, 7) is 15.7. The molecule has 2 fully saturated rings. The number of piperazine rings is 1. The Morgan fingerprint density at radius 1 is 1.29 bits per heavy atom. The van der Waals surface area contributed by atoms with Crippen LogP contribution in [0.4, 0.5) is 0 Å². The Bertz CT molecular complexity index is 470. The van der Waals surface area contributed by atoms with Gasteiger partial charge in [-0.2, -0.15) is 0 Å². The number of carbonyl (C=O) groups excluding carboxylic acids is 1. The molecule has 1 unspecified atom stereocenters. The maximum absolute atomic E-state index is 11.6. The van der Waals surface area contributed by atoms with Crippen molar-refractivity contribution >= 4 is 35.8 Å². The second-order valence-electron chi connectivity index (χ2n) is 7.98. The van der Waals surface area contributed by atoms with Crippen LogP contribution in [0.25, 0.3) is 0 Å². The zero-order valence-corrected chi connectivity index (χ0v) is 18.1. The zero-order valence-electron chi connectivity index (χ0n) is 15.8. The quantitative estimate of drug-likeness (QED) is 0.378. The van der Waals surface area contributed by atoms with E-state index in [9.17, 15) is 4.79 Å². The molecule has 1 aliphatic heterocycles. The van der Waals surface area contributed by atoms with Crippen molar-refractivity contribution < 1.29 is 4.79 Å². The normalized spacial score (nSPS) is 24.3. The van der Waals surface area contributed by atoms with Crippen molar-refractivity contribution in [3.63, 3.8) is 0 Å². The minimum atomic E-state index is -0.584. The van der Waals surface area contributed by atoms with E-state index in [1.807, 2.05) is 13.8 Å². The summed E-state index contributed by atoms with van der Waals surface area (Å²) in [6, 6.07) is 0. The summed E-state index contributed by atoms with van der Waals surface area (Å²) in [6.07, 6.45) is 1.27. The van der Waals surface area contributed by atoms with Gasteiger partial charge in [0.1, 0.15) is 0 Å². The number of halogens is 1. The van der Waals surface area contributed by atoms with Crippen LogP contribution in [0.5, 0.6) is 0 Å². The molecule has 6 nitrogen and oxygen atoms in total. The lowest BCUT2D eigenvalue weighted by Gasteiger charge is -2.43. The Labute approximate surface area is 163 Å². The highest BCUT2D eigenvalue weighted by Gasteiger charge is 2.45. The molecule has 140 valence electrons. The van der Waals surface area contributed by atoms with Gasteiger partial charge in [-0.15, -0.1) is 24.0 Å². The molecular formula is C17H34IN5O. The maximum atomic E-state index is 11.6. The average Bonchev–Trinajstić information content (AvgIpc) is 3.10. The minimum absolute atomic E-state index is 0. The fraction of sp³-hybridized carbons (Fsp3) is 0.882. The van der Waals surface area contributed by atoms with E-state index in [4.69, 9.17) is 10.7 Å². The molecule has 1 saturated carbocycles. The Kier molecular flexibility index (Phi) is 7.34. The number of aliphatic imine (C=N–C) groups is 1. The van der Waals surface area contributed by atoms with Gasteiger partial charge in [0.25, 0.3) is 0 Å². The number of amides is 1. The second kappa shape index (κ2) is 8.21. The van der Waals surface area contributed by atoms with Crippen LogP contribution >= 0.6 is 24.0 Å². The summed E-state index contributed by atoms with van der Waals surface area (Å²) in [5.74, 6) is 1.46. The maximum Gasteiger partial charge on any atom is 0.237 e. The number of carbonyl (C=O) groups is 1. The zero-order chi connectivity index (χ0) is 17.3. The van der Waals surface area contributed by atoms with Gasteiger partial charge in [-0.1, -0.05) is 13.8 Å². The van der Waals surface area contributed by atoms with Gasteiger partial charge < -0.3 is 16.0 Å². The lowest BCUT2D eigenvalue weighted by atomic mass is 10.0. The summed E-state index contributed by atoms with van der Waals surface area (Å²) >= 11 is 0. The topological polar surface area (TPSA) is 74.0 Å². The molecule has 0 aromatic heterocycles. The van der Waals surface area contributed by atoms with Crippen molar-refractivity contribution in [2.75, 3.05) is 39.3 Å². The Balaban J connectivity index is 0.00000288. The van der Waals surface area contributed by atoms with Gasteiger partial charge in [0.05, 0.1) is 5.54 Å². The standard InChI is InChI=1S/C17H33N5O.HI/c1-6-19-15(20-12-13-11-16(13,2)3)21-7-9-22(10-8-21)17(4,5)14(18)23;/h13H,6-12H2,1-5H3,(H2,18,23)(H,19,20);1H. The average molecular weight is 451 g/mol. The Morgan fingerprint density at radius 2 is 1.83 bits per heavy atom. The molecule has 0 aromatic rings. The molecule has 1 atom stereocenters. The molecule has 0 spiro atoms. The van der Waals surface area contributed by atoms with Gasteiger partial charge in [-0.05, 0) is 38.5 Å². The summed E-state index contributed by atoms with van der Waals surface area (Å²) in [5.41, 5.74) is 5.41. The Hall–Kier alpha value is -0.570. The second-order valence-corrected chi connectivity index (χ2v) is 7.98. The molecule has 2 rings (SSSR count). The molecule has 0 aromatic carbocycles. The number of hydrogen-bond donors (Lipinski definition) is 2. The fourth-order valence-electron chi connectivity index (χ4n) is 3.14. The number of nitrogens with zero attached hydrogens (tertiary/aromatic N) is 3. The lowest BCUT2D eigenvalue weighted by Crippen LogP contribution is -2.61. The fourth-order valence-corrected chi connectivity index (χ4v) is 3.14. The number of nitrogens with two attached hydrogens (primary N) is 1. The highest BCUT2D eigenvalue weighted by molar-refractivity contribution is 14.0. The predicted octanol–water partition coefficient (Wildman–Crippen LogP) is 1.50. The number of nitrogens with one attached hydrogen (secondary N) is 1. The van der Waals surface area contributed by atoms with E-state index in [2.05, 4.69) is 35.9 Å². The van der Waals surface area contributed by atoms with Gasteiger partial charge in [-0.25, -0.2) is 0 Å². The monoisotopic (exact) mass is 451 g/mol. The summed E-state index contributed by atoms with van der Waals surface area (Å²) < 4.78 is 0. The van der Waals surface area contributed by atoms with Gasteiger partial charge in [0.15, 0.2) is 5.96 Å². The van der Waals surface area contributed by atoms with Gasteiger partial charge in [0.2, 0.25) is 5.91 Å². The lowest BCUT2D eigenvalue weighted by molar-refractivity contribution is -0.129. The van der Waals surface area contributed by atoms with E-state index in [0.29, 0.717) is 11.3 Å². The SMILES string of the molecule is CCNC(=NCC1CC1(C)C)N1CCN(C(C)(C)C(N)=O)CC1.I. The molecule has 1 heterocycles. The highest BCUT2D eigenvalue weighted by Crippen LogP contribution is 2.51. The Morgan fingerprint density at radius 3 is 2.25 bits per heavy atom. The van der Waals surface area contributed by atoms with E-state index in [1.54, 1.807) is 0 Å². The predicted molar refractivity (Wildman–Crippen MR) is 110 cm³/mol. The van der Waals surface area contributed by atoms with Crippen LogP contribution < -0.4 is 11.1 Å². The molecule has 3 N–H and O–H groups in total. The first-order chi connectivity index (χ1) is 10.7. The van der Waals surface area contributed by atoms with Crippen LogP contribution in [-0.2, 0) is 4.79 Å². The van der Waals surface area contributed by atoms with Crippen LogP contribution in [0.3, 0.4) is 0 Å². The van der Waals surface area contributed by atoms with E-state index in [-0.39, 0.29) is 29.9 Å². The minimum Gasteiger partial charge on any atom is -0.368 e. The van der Waals surface area contributed by atoms with E-state index < -0.39 is 5.54 Å². The van der Waals surface area contributed by atoms with E-state index >= 15 is 0 Å². The van der Waals surface area contributed by atoms with Crippen molar-refractivity contribution in [2.45, 2.75) is 46.6 Å². The molecule has 7 heteroatoms. The number of guanidine groups is 1. The van der Waals surface area contributed by atoms with Crippen molar-refractivity contribution in [1.29, 1.82) is 0 Å². The van der Waals surface area contributed by atoms with Crippen LogP contribution in [0.1, 0.15) is 41.0 Å². The summed E-state index contributed by atoms with van der Waals surface area (Å²) in [5, 5.41) is 3.40.